The summed E-state index contributed by atoms with van der Waals surface area (Å²) in [6.45, 7) is 0.545. The first-order chi connectivity index (χ1) is 5.77. The van der Waals surface area contributed by atoms with E-state index in [1.54, 1.807) is 0 Å². The number of esters is 1. The lowest BCUT2D eigenvalue weighted by atomic mass is 10.2. The summed E-state index contributed by atoms with van der Waals surface area (Å²) in [4.78, 5) is 13.6. The number of methoxy groups -OCH3 is 1. The van der Waals surface area contributed by atoms with Crippen molar-refractivity contribution in [3.05, 3.63) is 10.4 Å². The van der Waals surface area contributed by atoms with E-state index in [-0.39, 0.29) is 18.1 Å². The van der Waals surface area contributed by atoms with Crippen LogP contribution in [0, 0.1) is 0 Å². The van der Waals surface area contributed by atoms with Crippen LogP contribution < -0.4 is 5.32 Å². The number of nitrogens with zero attached hydrogens (tertiary/aromatic N) is 3. The Kier molecular flexibility index (Phi) is 2.90. The number of hydrogen-bond acceptors (Lipinski definition) is 4. The molecule has 1 aliphatic heterocycles. The van der Waals surface area contributed by atoms with Crippen molar-refractivity contribution in [1.29, 1.82) is 0 Å². The molecule has 0 aromatic heterocycles. The van der Waals surface area contributed by atoms with E-state index in [0.717, 1.165) is 0 Å². The van der Waals surface area contributed by atoms with E-state index in [9.17, 15) is 4.79 Å². The molecule has 12 heavy (non-hydrogen) atoms. The summed E-state index contributed by atoms with van der Waals surface area (Å²) in [5.41, 5.74) is 8.12. The molecular weight excluding hydrogens is 160 g/mol. The topological polar surface area (TPSA) is 87.1 Å². The van der Waals surface area contributed by atoms with Crippen molar-refractivity contribution in [2.24, 2.45) is 5.11 Å². The highest BCUT2D eigenvalue weighted by Gasteiger charge is 2.29. The average molecular weight is 170 g/mol. The Labute approximate surface area is 69.5 Å². The third-order valence-corrected chi connectivity index (χ3v) is 1.81. The zero-order chi connectivity index (χ0) is 8.97. The molecule has 0 radical (unpaired) electrons. The smallest absolute Gasteiger partial charge is 0.322 e. The van der Waals surface area contributed by atoms with Gasteiger partial charge in [0.05, 0.1) is 13.2 Å². The monoisotopic (exact) mass is 170 g/mol. The normalized spacial score (nSPS) is 27.8. The van der Waals surface area contributed by atoms with Gasteiger partial charge in [0.15, 0.2) is 0 Å². The van der Waals surface area contributed by atoms with Crippen molar-refractivity contribution in [3.63, 3.8) is 0 Å². The summed E-state index contributed by atoms with van der Waals surface area (Å²) in [6, 6.07) is -0.440. The fraction of sp³-hybridized carbons (Fsp3) is 0.833. The van der Waals surface area contributed by atoms with Crippen LogP contribution in [-0.4, -0.2) is 31.7 Å². The molecule has 6 nitrogen and oxygen atoms in total. The van der Waals surface area contributed by atoms with Crippen LogP contribution in [0.2, 0.25) is 0 Å². The Morgan fingerprint density at radius 3 is 3.17 bits per heavy atom. The van der Waals surface area contributed by atoms with E-state index < -0.39 is 0 Å². The molecule has 1 N–H and O–H groups in total. The summed E-state index contributed by atoms with van der Waals surface area (Å²) >= 11 is 0. The minimum absolute atomic E-state index is 0.126. The van der Waals surface area contributed by atoms with Gasteiger partial charge in [-0.3, -0.25) is 4.79 Å². The lowest BCUT2D eigenvalue weighted by Crippen LogP contribution is -2.31. The van der Waals surface area contributed by atoms with Crippen molar-refractivity contribution in [3.8, 4) is 0 Å². The van der Waals surface area contributed by atoms with Crippen LogP contribution in [0.4, 0.5) is 0 Å². The molecule has 1 heterocycles. The van der Waals surface area contributed by atoms with Gasteiger partial charge in [-0.15, -0.1) is 0 Å². The van der Waals surface area contributed by atoms with Crippen molar-refractivity contribution < 1.29 is 9.53 Å². The fourth-order valence-corrected chi connectivity index (χ4v) is 1.20. The predicted molar refractivity (Wildman–Crippen MR) is 41.4 cm³/mol. The van der Waals surface area contributed by atoms with Crippen LogP contribution in [0.1, 0.15) is 6.42 Å². The zero-order valence-electron chi connectivity index (χ0n) is 6.73. The lowest BCUT2D eigenvalue weighted by molar-refractivity contribution is -0.142. The minimum atomic E-state index is -0.314. The van der Waals surface area contributed by atoms with Gasteiger partial charge in [-0.2, -0.15) is 0 Å². The third-order valence-electron chi connectivity index (χ3n) is 1.81. The molecule has 1 rings (SSSR count). The van der Waals surface area contributed by atoms with Crippen molar-refractivity contribution in [2.45, 2.75) is 18.5 Å². The molecule has 0 spiro atoms. The van der Waals surface area contributed by atoms with Crippen molar-refractivity contribution in [2.75, 3.05) is 13.7 Å². The van der Waals surface area contributed by atoms with Crippen LogP contribution in [0.25, 0.3) is 10.4 Å². The average Bonchev–Trinajstić information content (AvgIpc) is 2.52. The molecule has 0 aromatic rings. The molecule has 0 bridgehead atoms. The molecule has 0 aromatic carbocycles. The van der Waals surface area contributed by atoms with E-state index in [1.807, 2.05) is 0 Å². The molecule has 1 saturated heterocycles. The van der Waals surface area contributed by atoms with Crippen LogP contribution >= 0.6 is 0 Å². The minimum Gasteiger partial charge on any atom is -0.468 e. The summed E-state index contributed by atoms with van der Waals surface area (Å²) in [5, 5.41) is 6.40. The molecule has 1 aliphatic rings. The molecule has 2 unspecified atom stereocenters. The Morgan fingerprint density at radius 1 is 1.83 bits per heavy atom. The SMILES string of the molecule is COC(=O)C1CC(N=[N+]=[N-])CN1. The van der Waals surface area contributed by atoms with Crippen molar-refractivity contribution in [1.82, 2.24) is 5.32 Å². The molecule has 0 aliphatic carbocycles. The number of carbonyl (C=O) groups is 1. The highest BCUT2D eigenvalue weighted by molar-refractivity contribution is 5.76. The highest BCUT2D eigenvalue weighted by Crippen LogP contribution is 2.11. The van der Waals surface area contributed by atoms with Gasteiger partial charge in [-0.1, -0.05) is 5.11 Å². The number of hydrogen-bond donors (Lipinski definition) is 1. The van der Waals surface area contributed by atoms with E-state index in [0.29, 0.717) is 13.0 Å². The van der Waals surface area contributed by atoms with Gasteiger partial charge >= 0.3 is 5.97 Å². The molecule has 66 valence electrons. The van der Waals surface area contributed by atoms with Gasteiger partial charge < -0.3 is 10.1 Å². The van der Waals surface area contributed by atoms with Crippen LogP contribution in [0.15, 0.2) is 5.11 Å². The molecule has 0 saturated carbocycles. The number of ether oxygens (including phenoxy) is 1. The second kappa shape index (κ2) is 3.94. The zero-order valence-corrected chi connectivity index (χ0v) is 6.73. The molecule has 1 fully saturated rings. The third kappa shape index (κ3) is 1.87. The van der Waals surface area contributed by atoms with Crippen molar-refractivity contribution >= 4 is 5.97 Å². The van der Waals surface area contributed by atoms with E-state index in [1.165, 1.54) is 7.11 Å². The largest absolute Gasteiger partial charge is 0.468 e. The van der Waals surface area contributed by atoms with Gasteiger partial charge in [0.25, 0.3) is 0 Å². The molecule has 0 amide bonds. The highest BCUT2D eigenvalue weighted by atomic mass is 16.5. The number of carbonyl (C=O) groups excluding carboxylic acids is 1. The maximum atomic E-state index is 10.9. The number of nitrogens with one attached hydrogen (secondary N) is 1. The first kappa shape index (κ1) is 8.83. The molecule has 2 atom stereocenters. The van der Waals surface area contributed by atoms with Crippen LogP contribution in [0.3, 0.4) is 0 Å². The second-order valence-corrected chi connectivity index (χ2v) is 2.58. The van der Waals surface area contributed by atoms with E-state index in [4.69, 9.17) is 5.53 Å². The number of azide groups is 1. The van der Waals surface area contributed by atoms with Crippen LogP contribution in [-0.2, 0) is 9.53 Å². The van der Waals surface area contributed by atoms with Gasteiger partial charge in [-0.05, 0) is 12.0 Å². The Balaban J connectivity index is 2.45. The van der Waals surface area contributed by atoms with E-state index in [2.05, 4.69) is 20.1 Å². The lowest BCUT2D eigenvalue weighted by Gasteiger charge is -2.05. The maximum Gasteiger partial charge on any atom is 0.322 e. The Hall–Kier alpha value is -1.26. The predicted octanol–water partition coefficient (Wildman–Crippen LogP) is 0.200. The van der Waals surface area contributed by atoms with Gasteiger partial charge in [0, 0.05) is 11.5 Å². The maximum absolute atomic E-state index is 10.9. The van der Waals surface area contributed by atoms with Gasteiger partial charge in [-0.25, -0.2) is 0 Å². The Morgan fingerprint density at radius 2 is 2.58 bits per heavy atom. The Bertz CT molecular complexity index is 224. The molecule has 6 heteroatoms. The van der Waals surface area contributed by atoms with Gasteiger partial charge in [0.1, 0.15) is 6.04 Å². The van der Waals surface area contributed by atoms with E-state index >= 15 is 0 Å². The standard InChI is InChI=1S/C6H10N4O2/c1-12-6(11)5-2-4(3-8-5)9-10-7/h4-5,8H,2-3H2,1H3. The van der Waals surface area contributed by atoms with Crippen LogP contribution in [0.5, 0.6) is 0 Å². The first-order valence-corrected chi connectivity index (χ1v) is 3.63. The summed E-state index contributed by atoms with van der Waals surface area (Å²) in [5.74, 6) is -0.300. The number of rotatable bonds is 2. The quantitative estimate of drug-likeness (QED) is 0.278. The fourth-order valence-electron chi connectivity index (χ4n) is 1.20. The summed E-state index contributed by atoms with van der Waals surface area (Å²) in [7, 11) is 1.34. The second-order valence-electron chi connectivity index (χ2n) is 2.58. The molecular formula is C6H10N4O2. The summed E-state index contributed by atoms with van der Waals surface area (Å²) < 4.78 is 4.52. The van der Waals surface area contributed by atoms with Gasteiger partial charge in [0.2, 0.25) is 0 Å². The first-order valence-electron chi connectivity index (χ1n) is 3.63. The summed E-state index contributed by atoms with van der Waals surface area (Å²) in [6.07, 6.45) is 0.525.